The van der Waals surface area contributed by atoms with E-state index in [-0.39, 0.29) is 12.8 Å². The maximum atomic E-state index is 11.8. The predicted octanol–water partition coefficient (Wildman–Crippen LogP) is 3.47. The van der Waals surface area contributed by atoms with Crippen LogP contribution in [0.15, 0.2) is 42.5 Å². The molecule has 0 saturated carbocycles. The van der Waals surface area contributed by atoms with Gasteiger partial charge in [0.1, 0.15) is 11.5 Å². The molecule has 0 atom stereocenters. The predicted molar refractivity (Wildman–Crippen MR) is 86.6 cm³/mol. The molecule has 0 aromatic heterocycles. The quantitative estimate of drug-likeness (QED) is 0.831. The van der Waals surface area contributed by atoms with E-state index in [2.05, 4.69) is 10.6 Å². The largest absolute Gasteiger partial charge is 0.497 e. The summed E-state index contributed by atoms with van der Waals surface area (Å²) in [6, 6.07) is 12.7. The van der Waals surface area contributed by atoms with Gasteiger partial charge in [0.05, 0.1) is 7.11 Å². The number of urea groups is 1. The monoisotopic (exact) mass is 300 g/mol. The van der Waals surface area contributed by atoms with Gasteiger partial charge in [0, 0.05) is 5.69 Å². The van der Waals surface area contributed by atoms with Gasteiger partial charge >= 0.3 is 6.03 Å². The molecule has 0 fully saturated rings. The Morgan fingerprint density at radius 3 is 2.45 bits per heavy atom. The van der Waals surface area contributed by atoms with E-state index >= 15 is 0 Å². The number of hydrogen-bond donors (Lipinski definition) is 2. The van der Waals surface area contributed by atoms with E-state index < -0.39 is 0 Å². The standard InChI is InChI=1S/C17H20N2O3/c1-12-4-9-16(13(2)10-12)22-11-18-17(20)19-14-5-7-15(21-3)8-6-14/h4-10H,11H2,1-3H3,(H2,18,19,20). The maximum Gasteiger partial charge on any atom is 0.321 e. The van der Waals surface area contributed by atoms with E-state index in [4.69, 9.17) is 9.47 Å². The van der Waals surface area contributed by atoms with Crippen LogP contribution in [-0.2, 0) is 0 Å². The molecule has 0 unspecified atom stereocenters. The second-order valence-electron chi connectivity index (χ2n) is 4.92. The molecule has 5 heteroatoms. The summed E-state index contributed by atoms with van der Waals surface area (Å²) >= 11 is 0. The number of nitrogens with one attached hydrogen (secondary N) is 2. The molecule has 0 radical (unpaired) electrons. The zero-order valence-corrected chi connectivity index (χ0v) is 13.0. The van der Waals surface area contributed by atoms with Gasteiger partial charge in [-0.05, 0) is 49.7 Å². The Hall–Kier alpha value is -2.69. The first-order valence-corrected chi connectivity index (χ1v) is 6.97. The first-order valence-electron chi connectivity index (χ1n) is 6.97. The van der Waals surface area contributed by atoms with Crippen molar-refractivity contribution in [2.75, 3.05) is 19.2 Å². The van der Waals surface area contributed by atoms with E-state index in [0.717, 1.165) is 17.1 Å². The first kappa shape index (κ1) is 15.7. The molecular weight excluding hydrogens is 280 g/mol. The Bertz CT molecular complexity index is 639. The number of amides is 2. The summed E-state index contributed by atoms with van der Waals surface area (Å²) in [5.41, 5.74) is 2.90. The van der Waals surface area contributed by atoms with Crippen molar-refractivity contribution in [1.29, 1.82) is 0 Å². The zero-order chi connectivity index (χ0) is 15.9. The first-order chi connectivity index (χ1) is 10.6. The number of rotatable bonds is 5. The lowest BCUT2D eigenvalue weighted by Gasteiger charge is -2.11. The van der Waals surface area contributed by atoms with Gasteiger partial charge < -0.3 is 20.1 Å². The van der Waals surface area contributed by atoms with Crippen molar-refractivity contribution >= 4 is 11.7 Å². The van der Waals surface area contributed by atoms with Crippen LogP contribution in [0.1, 0.15) is 11.1 Å². The summed E-state index contributed by atoms with van der Waals surface area (Å²) in [6.45, 7) is 4.10. The average Bonchev–Trinajstić information content (AvgIpc) is 2.50. The highest BCUT2D eigenvalue weighted by Gasteiger charge is 2.03. The smallest absolute Gasteiger partial charge is 0.321 e. The maximum absolute atomic E-state index is 11.8. The number of hydrogen-bond acceptors (Lipinski definition) is 3. The van der Waals surface area contributed by atoms with Crippen LogP contribution in [0.25, 0.3) is 0 Å². The summed E-state index contributed by atoms with van der Waals surface area (Å²) in [4.78, 5) is 11.8. The van der Waals surface area contributed by atoms with Crippen molar-refractivity contribution in [2.24, 2.45) is 0 Å². The summed E-state index contributed by atoms with van der Waals surface area (Å²) in [7, 11) is 1.60. The number of aryl methyl sites for hydroxylation is 2. The van der Waals surface area contributed by atoms with Gasteiger partial charge in [-0.3, -0.25) is 0 Å². The van der Waals surface area contributed by atoms with Crippen molar-refractivity contribution in [3.8, 4) is 11.5 Å². The number of ether oxygens (including phenoxy) is 2. The molecule has 0 aliphatic carbocycles. The summed E-state index contributed by atoms with van der Waals surface area (Å²) < 4.78 is 10.6. The lowest BCUT2D eigenvalue weighted by Crippen LogP contribution is -2.32. The number of anilines is 1. The highest BCUT2D eigenvalue weighted by molar-refractivity contribution is 5.89. The van der Waals surface area contributed by atoms with Crippen molar-refractivity contribution < 1.29 is 14.3 Å². The minimum atomic E-state index is -0.324. The van der Waals surface area contributed by atoms with Crippen LogP contribution in [-0.4, -0.2) is 19.9 Å². The highest BCUT2D eigenvalue weighted by Crippen LogP contribution is 2.18. The molecule has 0 aliphatic heterocycles. The summed E-state index contributed by atoms with van der Waals surface area (Å²) in [5, 5.41) is 5.36. The molecular formula is C17H20N2O3. The topological polar surface area (TPSA) is 59.6 Å². The van der Waals surface area contributed by atoms with E-state index in [9.17, 15) is 4.79 Å². The van der Waals surface area contributed by atoms with E-state index in [1.54, 1.807) is 31.4 Å². The van der Waals surface area contributed by atoms with Crippen LogP contribution >= 0.6 is 0 Å². The highest BCUT2D eigenvalue weighted by atomic mass is 16.5. The third-order valence-corrected chi connectivity index (χ3v) is 3.14. The van der Waals surface area contributed by atoms with Gasteiger partial charge in [0.2, 0.25) is 0 Å². The van der Waals surface area contributed by atoms with Crippen molar-refractivity contribution in [3.63, 3.8) is 0 Å². The molecule has 2 aromatic carbocycles. The summed E-state index contributed by atoms with van der Waals surface area (Å²) in [5.74, 6) is 1.50. The molecule has 0 spiro atoms. The number of carbonyl (C=O) groups is 1. The SMILES string of the molecule is COc1ccc(NC(=O)NCOc2ccc(C)cc2C)cc1. The second kappa shape index (κ2) is 7.36. The third kappa shape index (κ3) is 4.41. The summed E-state index contributed by atoms with van der Waals surface area (Å²) in [6.07, 6.45) is 0. The van der Waals surface area contributed by atoms with Crippen LogP contribution in [0.3, 0.4) is 0 Å². The normalized spacial score (nSPS) is 9.95. The lowest BCUT2D eigenvalue weighted by molar-refractivity contribution is 0.234. The van der Waals surface area contributed by atoms with Gasteiger partial charge in [-0.2, -0.15) is 0 Å². The molecule has 2 amide bonds. The molecule has 116 valence electrons. The average molecular weight is 300 g/mol. The van der Waals surface area contributed by atoms with Crippen LogP contribution in [0, 0.1) is 13.8 Å². The molecule has 2 aromatic rings. The number of benzene rings is 2. The molecule has 22 heavy (non-hydrogen) atoms. The fraction of sp³-hybridized carbons (Fsp3) is 0.235. The molecule has 0 heterocycles. The Balaban J connectivity index is 1.79. The fourth-order valence-corrected chi connectivity index (χ4v) is 1.99. The minimum absolute atomic E-state index is 0.103. The second-order valence-corrected chi connectivity index (χ2v) is 4.92. The molecule has 0 saturated heterocycles. The minimum Gasteiger partial charge on any atom is -0.497 e. The van der Waals surface area contributed by atoms with Crippen LogP contribution in [0.5, 0.6) is 11.5 Å². The van der Waals surface area contributed by atoms with Crippen LogP contribution < -0.4 is 20.1 Å². The van der Waals surface area contributed by atoms with Gasteiger partial charge in [-0.15, -0.1) is 0 Å². The molecule has 0 aliphatic rings. The molecule has 2 rings (SSSR count). The van der Waals surface area contributed by atoms with Gasteiger partial charge in [0.15, 0.2) is 6.73 Å². The number of carbonyl (C=O) groups excluding carboxylic acids is 1. The Labute approximate surface area is 130 Å². The van der Waals surface area contributed by atoms with E-state index in [1.165, 1.54) is 5.56 Å². The van der Waals surface area contributed by atoms with Crippen molar-refractivity contribution in [3.05, 3.63) is 53.6 Å². The van der Waals surface area contributed by atoms with Crippen LogP contribution in [0.4, 0.5) is 10.5 Å². The van der Waals surface area contributed by atoms with E-state index in [0.29, 0.717) is 5.69 Å². The molecule has 0 bridgehead atoms. The zero-order valence-electron chi connectivity index (χ0n) is 13.0. The van der Waals surface area contributed by atoms with Crippen molar-refractivity contribution in [1.82, 2.24) is 5.32 Å². The lowest BCUT2D eigenvalue weighted by atomic mass is 10.1. The Morgan fingerprint density at radius 2 is 1.82 bits per heavy atom. The van der Waals surface area contributed by atoms with Gasteiger partial charge in [-0.1, -0.05) is 17.7 Å². The Morgan fingerprint density at radius 1 is 1.09 bits per heavy atom. The van der Waals surface area contributed by atoms with Crippen molar-refractivity contribution in [2.45, 2.75) is 13.8 Å². The van der Waals surface area contributed by atoms with Crippen LogP contribution in [0.2, 0.25) is 0 Å². The van der Waals surface area contributed by atoms with E-state index in [1.807, 2.05) is 32.0 Å². The number of methoxy groups -OCH3 is 1. The molecule has 2 N–H and O–H groups in total. The third-order valence-electron chi connectivity index (χ3n) is 3.14. The Kier molecular flexibility index (Phi) is 5.25. The fourth-order valence-electron chi connectivity index (χ4n) is 1.99. The molecule has 5 nitrogen and oxygen atoms in total. The van der Waals surface area contributed by atoms with Gasteiger partial charge in [-0.25, -0.2) is 4.79 Å². The van der Waals surface area contributed by atoms with Gasteiger partial charge in [0.25, 0.3) is 0 Å².